The average molecular weight is 375 g/mol. The molecule has 7 heteroatoms. The standard InChI is InChI=1S/C20H20F3N3O/c21-20(22,23)17-10-13(4-5-15(17)12-26-6-8-27-9-7-26)16-3-1-2-14-11-18(24)25-19(14)16/h1-5,10-11,25H,6-9,12,24H2. The highest BCUT2D eigenvalue weighted by atomic mass is 19.4. The molecule has 1 aliphatic heterocycles. The number of fused-ring (bicyclic) bond motifs is 1. The van der Waals surface area contributed by atoms with E-state index in [1.807, 2.05) is 17.0 Å². The first-order valence-corrected chi connectivity index (χ1v) is 8.79. The third kappa shape index (κ3) is 3.65. The van der Waals surface area contributed by atoms with E-state index in [1.165, 1.54) is 6.07 Å². The van der Waals surface area contributed by atoms with Gasteiger partial charge in [0.1, 0.15) is 5.82 Å². The lowest BCUT2D eigenvalue weighted by Gasteiger charge is -2.28. The van der Waals surface area contributed by atoms with Gasteiger partial charge in [-0.25, -0.2) is 0 Å². The Labute approximate surface area is 154 Å². The number of halogens is 3. The molecule has 1 aliphatic rings. The Hall–Kier alpha value is -2.51. The zero-order chi connectivity index (χ0) is 19.0. The van der Waals surface area contributed by atoms with Crippen molar-refractivity contribution >= 4 is 16.7 Å². The van der Waals surface area contributed by atoms with Gasteiger partial charge in [0, 0.05) is 30.6 Å². The first-order valence-electron chi connectivity index (χ1n) is 8.79. The van der Waals surface area contributed by atoms with Gasteiger partial charge in [0.25, 0.3) is 0 Å². The molecular weight excluding hydrogens is 355 g/mol. The minimum Gasteiger partial charge on any atom is -0.385 e. The quantitative estimate of drug-likeness (QED) is 0.719. The molecule has 0 bridgehead atoms. The minimum atomic E-state index is -4.42. The topological polar surface area (TPSA) is 54.3 Å². The molecule has 0 saturated carbocycles. The van der Waals surface area contributed by atoms with Gasteiger partial charge >= 0.3 is 6.18 Å². The Morgan fingerprint density at radius 2 is 1.85 bits per heavy atom. The van der Waals surface area contributed by atoms with Gasteiger partial charge in [0.05, 0.1) is 24.3 Å². The van der Waals surface area contributed by atoms with Crippen LogP contribution in [0, 0.1) is 0 Å². The van der Waals surface area contributed by atoms with Crippen LogP contribution in [0.3, 0.4) is 0 Å². The number of nitrogens with two attached hydrogens (primary N) is 1. The monoisotopic (exact) mass is 375 g/mol. The molecule has 2 aromatic carbocycles. The van der Waals surface area contributed by atoms with Crippen LogP contribution in [0.5, 0.6) is 0 Å². The van der Waals surface area contributed by atoms with Crippen LogP contribution in [0.2, 0.25) is 0 Å². The smallest absolute Gasteiger partial charge is 0.385 e. The largest absolute Gasteiger partial charge is 0.416 e. The summed E-state index contributed by atoms with van der Waals surface area (Å²) in [5, 5.41) is 0.871. The summed E-state index contributed by atoms with van der Waals surface area (Å²) >= 11 is 0. The predicted molar refractivity (Wildman–Crippen MR) is 99.2 cm³/mol. The summed E-state index contributed by atoms with van der Waals surface area (Å²) in [6.07, 6.45) is -4.42. The molecule has 0 spiro atoms. The van der Waals surface area contributed by atoms with Crippen molar-refractivity contribution < 1.29 is 17.9 Å². The van der Waals surface area contributed by atoms with Crippen LogP contribution in [-0.4, -0.2) is 36.2 Å². The number of H-pyrrole nitrogens is 1. The molecule has 4 rings (SSSR count). The highest BCUT2D eigenvalue weighted by molar-refractivity contribution is 5.96. The number of hydrogen-bond donors (Lipinski definition) is 2. The van der Waals surface area contributed by atoms with Crippen LogP contribution in [-0.2, 0) is 17.5 Å². The Morgan fingerprint density at radius 3 is 2.59 bits per heavy atom. The maximum absolute atomic E-state index is 13.7. The molecule has 1 fully saturated rings. The fraction of sp³-hybridized carbons (Fsp3) is 0.300. The minimum absolute atomic E-state index is 0.262. The van der Waals surface area contributed by atoms with Crippen molar-refractivity contribution in [3.63, 3.8) is 0 Å². The molecular formula is C20H20F3N3O. The van der Waals surface area contributed by atoms with Gasteiger partial charge in [0.2, 0.25) is 0 Å². The van der Waals surface area contributed by atoms with Crippen molar-refractivity contribution in [1.82, 2.24) is 9.88 Å². The molecule has 4 nitrogen and oxygen atoms in total. The molecule has 1 saturated heterocycles. The number of para-hydroxylation sites is 1. The summed E-state index contributed by atoms with van der Waals surface area (Å²) in [4.78, 5) is 5.02. The molecule has 0 amide bonds. The third-order valence-corrected chi connectivity index (χ3v) is 4.90. The first kappa shape index (κ1) is 17.9. The van der Waals surface area contributed by atoms with E-state index < -0.39 is 11.7 Å². The summed E-state index contributed by atoms with van der Waals surface area (Å²) in [5.74, 6) is 0.484. The van der Waals surface area contributed by atoms with E-state index in [2.05, 4.69) is 4.98 Å². The Morgan fingerprint density at radius 1 is 1.07 bits per heavy atom. The number of hydrogen-bond acceptors (Lipinski definition) is 3. The van der Waals surface area contributed by atoms with Crippen molar-refractivity contribution in [2.45, 2.75) is 12.7 Å². The number of nitrogens with one attached hydrogen (secondary N) is 1. The van der Waals surface area contributed by atoms with Crippen molar-refractivity contribution in [3.8, 4) is 11.1 Å². The molecule has 0 radical (unpaired) electrons. The molecule has 2 heterocycles. The lowest BCUT2D eigenvalue weighted by atomic mass is 9.97. The molecule has 0 aliphatic carbocycles. The zero-order valence-electron chi connectivity index (χ0n) is 14.6. The molecule has 142 valence electrons. The molecule has 1 aromatic heterocycles. The van der Waals surface area contributed by atoms with Crippen LogP contribution in [0.15, 0.2) is 42.5 Å². The number of ether oxygens (including phenoxy) is 1. The van der Waals surface area contributed by atoms with E-state index in [9.17, 15) is 13.2 Å². The van der Waals surface area contributed by atoms with E-state index in [0.29, 0.717) is 43.2 Å². The maximum atomic E-state index is 13.7. The van der Waals surface area contributed by atoms with Gasteiger partial charge in [-0.2, -0.15) is 13.2 Å². The van der Waals surface area contributed by atoms with E-state index in [-0.39, 0.29) is 12.1 Å². The van der Waals surface area contributed by atoms with Crippen molar-refractivity contribution in [1.29, 1.82) is 0 Å². The van der Waals surface area contributed by atoms with Crippen LogP contribution in [0.1, 0.15) is 11.1 Å². The van der Waals surface area contributed by atoms with E-state index in [0.717, 1.165) is 10.9 Å². The number of anilines is 1. The van der Waals surface area contributed by atoms with Crippen LogP contribution in [0.4, 0.5) is 19.0 Å². The van der Waals surface area contributed by atoms with Crippen molar-refractivity contribution in [2.24, 2.45) is 0 Å². The SMILES string of the molecule is Nc1cc2cccc(-c3ccc(CN4CCOCC4)c(C(F)(F)F)c3)c2[nH]1. The van der Waals surface area contributed by atoms with Gasteiger partial charge in [-0.1, -0.05) is 30.3 Å². The molecule has 0 atom stereocenters. The number of alkyl halides is 3. The second-order valence-electron chi connectivity index (χ2n) is 6.75. The first-order chi connectivity index (χ1) is 12.9. The number of nitrogen functional groups attached to an aromatic ring is 1. The maximum Gasteiger partial charge on any atom is 0.416 e. The second kappa shape index (κ2) is 6.90. The number of morpholine rings is 1. The molecule has 3 N–H and O–H groups in total. The van der Waals surface area contributed by atoms with E-state index >= 15 is 0 Å². The second-order valence-corrected chi connectivity index (χ2v) is 6.75. The Balaban J connectivity index is 1.76. The summed E-state index contributed by atoms with van der Waals surface area (Å²) in [7, 11) is 0. The molecule has 3 aromatic rings. The fourth-order valence-corrected chi connectivity index (χ4v) is 3.56. The molecule has 0 unspecified atom stereocenters. The van der Waals surface area contributed by atoms with Gasteiger partial charge in [-0.05, 0) is 23.3 Å². The number of benzene rings is 2. The number of aromatic nitrogens is 1. The summed E-state index contributed by atoms with van der Waals surface area (Å²) in [6.45, 7) is 2.64. The Bertz CT molecular complexity index is 959. The highest BCUT2D eigenvalue weighted by Crippen LogP contribution is 2.37. The van der Waals surface area contributed by atoms with Gasteiger partial charge in [-0.3, -0.25) is 4.90 Å². The van der Waals surface area contributed by atoms with Crippen LogP contribution in [0.25, 0.3) is 22.0 Å². The average Bonchev–Trinajstić information content (AvgIpc) is 3.02. The van der Waals surface area contributed by atoms with Gasteiger partial charge in [0.15, 0.2) is 0 Å². The van der Waals surface area contributed by atoms with Gasteiger partial charge < -0.3 is 15.5 Å². The number of aromatic amines is 1. The third-order valence-electron chi connectivity index (χ3n) is 4.90. The van der Waals surface area contributed by atoms with E-state index in [1.54, 1.807) is 24.3 Å². The molecule has 27 heavy (non-hydrogen) atoms. The summed E-state index contributed by atoms with van der Waals surface area (Å²) in [5.41, 5.74) is 7.46. The van der Waals surface area contributed by atoms with Crippen LogP contribution < -0.4 is 5.73 Å². The normalized spacial score (nSPS) is 16.1. The fourth-order valence-electron chi connectivity index (χ4n) is 3.56. The van der Waals surface area contributed by atoms with Gasteiger partial charge in [-0.15, -0.1) is 0 Å². The van der Waals surface area contributed by atoms with Crippen molar-refractivity contribution in [3.05, 3.63) is 53.6 Å². The lowest BCUT2D eigenvalue weighted by molar-refractivity contribution is -0.138. The predicted octanol–water partition coefficient (Wildman–Crippen LogP) is 4.27. The highest BCUT2D eigenvalue weighted by Gasteiger charge is 2.34. The van der Waals surface area contributed by atoms with Crippen LogP contribution >= 0.6 is 0 Å². The zero-order valence-corrected chi connectivity index (χ0v) is 14.6. The number of nitrogens with zero attached hydrogens (tertiary/aromatic N) is 1. The van der Waals surface area contributed by atoms with E-state index in [4.69, 9.17) is 10.5 Å². The van der Waals surface area contributed by atoms with Crippen molar-refractivity contribution in [2.75, 3.05) is 32.0 Å². The Kier molecular flexibility index (Phi) is 4.57. The number of rotatable bonds is 3. The summed E-state index contributed by atoms with van der Waals surface area (Å²) < 4.78 is 46.5. The summed E-state index contributed by atoms with van der Waals surface area (Å²) in [6, 6.07) is 11.8. The lowest BCUT2D eigenvalue weighted by Crippen LogP contribution is -2.36.